The summed E-state index contributed by atoms with van der Waals surface area (Å²) in [4.78, 5) is 4.07. The highest BCUT2D eigenvalue weighted by Crippen LogP contribution is 2.46. The van der Waals surface area contributed by atoms with Crippen LogP contribution in [0, 0.1) is 18.3 Å². The van der Waals surface area contributed by atoms with E-state index in [0.717, 1.165) is 16.7 Å². The van der Waals surface area contributed by atoms with Gasteiger partial charge in [-0.25, -0.2) is 4.98 Å². The molecule has 1 unspecified atom stereocenters. The molecule has 26 heavy (non-hydrogen) atoms. The van der Waals surface area contributed by atoms with Crippen LogP contribution in [0.1, 0.15) is 36.3 Å². The predicted molar refractivity (Wildman–Crippen MR) is 94.9 cm³/mol. The van der Waals surface area contributed by atoms with Crippen molar-refractivity contribution in [3.8, 4) is 28.9 Å². The van der Waals surface area contributed by atoms with E-state index in [9.17, 15) is 5.26 Å². The fraction of sp³-hybridized carbons (Fsp3) is 0.300. The van der Waals surface area contributed by atoms with E-state index in [1.54, 1.807) is 25.6 Å². The number of ether oxygens (including phenoxy) is 2. The van der Waals surface area contributed by atoms with Gasteiger partial charge in [0.05, 0.1) is 37.1 Å². The third-order valence-electron chi connectivity index (χ3n) is 4.19. The first kappa shape index (κ1) is 17.6. The van der Waals surface area contributed by atoms with Crippen molar-refractivity contribution in [3.63, 3.8) is 0 Å². The lowest BCUT2D eigenvalue weighted by molar-refractivity contribution is 0.248. The van der Waals surface area contributed by atoms with Crippen LogP contribution in [-0.2, 0) is 6.61 Å². The molecule has 6 nitrogen and oxygen atoms in total. The van der Waals surface area contributed by atoms with Gasteiger partial charge in [-0.3, -0.25) is 0 Å². The maximum absolute atomic E-state index is 9.58. The molecule has 3 rings (SSSR count). The number of methoxy groups -OCH3 is 1. The van der Waals surface area contributed by atoms with Crippen molar-refractivity contribution < 1.29 is 18.3 Å². The number of oxazole rings is 1. The number of aryl methyl sites for hydroxylation is 1. The van der Waals surface area contributed by atoms with Gasteiger partial charge in [-0.2, -0.15) is 5.26 Å². The Morgan fingerprint density at radius 3 is 2.69 bits per heavy atom. The molecule has 0 aliphatic rings. The van der Waals surface area contributed by atoms with Crippen LogP contribution in [-0.4, -0.2) is 12.1 Å². The highest BCUT2D eigenvalue weighted by Gasteiger charge is 2.25. The summed E-state index contributed by atoms with van der Waals surface area (Å²) < 4.78 is 22.5. The van der Waals surface area contributed by atoms with Gasteiger partial charge in [0.1, 0.15) is 12.0 Å². The molecule has 0 fully saturated rings. The summed E-state index contributed by atoms with van der Waals surface area (Å²) in [7, 11) is 1.58. The second kappa shape index (κ2) is 7.79. The van der Waals surface area contributed by atoms with Gasteiger partial charge in [-0.05, 0) is 36.6 Å². The summed E-state index contributed by atoms with van der Waals surface area (Å²) in [6.07, 6.45) is 5.35. The van der Waals surface area contributed by atoms with Crippen LogP contribution in [0.2, 0.25) is 0 Å². The average Bonchev–Trinajstić information content (AvgIpc) is 3.35. The Hall–Kier alpha value is -3.20. The summed E-state index contributed by atoms with van der Waals surface area (Å²) >= 11 is 0. The molecule has 3 aromatic rings. The Bertz CT molecular complexity index is 893. The first-order valence-electron chi connectivity index (χ1n) is 8.35. The van der Waals surface area contributed by atoms with E-state index in [4.69, 9.17) is 18.3 Å². The van der Waals surface area contributed by atoms with Gasteiger partial charge in [0.25, 0.3) is 0 Å². The fourth-order valence-electron chi connectivity index (χ4n) is 2.96. The van der Waals surface area contributed by atoms with Gasteiger partial charge in [0.15, 0.2) is 18.1 Å². The number of hydrogen-bond acceptors (Lipinski definition) is 6. The summed E-state index contributed by atoms with van der Waals surface area (Å²) in [5.74, 6) is 1.94. The van der Waals surface area contributed by atoms with E-state index >= 15 is 0 Å². The predicted octanol–water partition coefficient (Wildman–Crippen LogP) is 4.85. The second-order valence-corrected chi connectivity index (χ2v) is 5.80. The summed E-state index contributed by atoms with van der Waals surface area (Å²) in [6, 6.07) is 7.97. The van der Waals surface area contributed by atoms with Crippen molar-refractivity contribution in [2.45, 2.75) is 32.8 Å². The molecule has 2 aromatic heterocycles. The number of rotatable bonds is 7. The third-order valence-corrected chi connectivity index (χ3v) is 4.19. The highest BCUT2D eigenvalue weighted by molar-refractivity contribution is 5.76. The minimum absolute atomic E-state index is 0.177. The highest BCUT2D eigenvalue weighted by atomic mass is 16.5. The topological polar surface area (TPSA) is 81.4 Å². The van der Waals surface area contributed by atoms with Gasteiger partial charge in [0, 0.05) is 0 Å². The van der Waals surface area contributed by atoms with Crippen LogP contribution in [0.15, 0.2) is 45.8 Å². The quantitative estimate of drug-likeness (QED) is 0.605. The summed E-state index contributed by atoms with van der Waals surface area (Å²) in [6.45, 7) is 4.08. The van der Waals surface area contributed by atoms with Crippen molar-refractivity contribution in [2.75, 3.05) is 7.11 Å². The van der Waals surface area contributed by atoms with E-state index in [0.29, 0.717) is 29.6 Å². The van der Waals surface area contributed by atoms with Gasteiger partial charge in [0.2, 0.25) is 5.89 Å². The number of furan rings is 1. The van der Waals surface area contributed by atoms with Crippen molar-refractivity contribution in [3.05, 3.63) is 53.9 Å². The largest absolute Gasteiger partial charge is 0.492 e. The molecule has 1 aromatic carbocycles. The van der Waals surface area contributed by atoms with Crippen LogP contribution in [0.5, 0.6) is 11.5 Å². The Morgan fingerprint density at radius 2 is 2.12 bits per heavy atom. The van der Waals surface area contributed by atoms with Gasteiger partial charge < -0.3 is 18.3 Å². The molecule has 0 amide bonds. The molecule has 0 spiro atoms. The minimum Gasteiger partial charge on any atom is -0.492 e. The molecule has 0 saturated heterocycles. The maximum Gasteiger partial charge on any atom is 0.232 e. The van der Waals surface area contributed by atoms with Gasteiger partial charge in [-0.1, -0.05) is 13.0 Å². The zero-order valence-electron chi connectivity index (χ0n) is 15.0. The van der Waals surface area contributed by atoms with Gasteiger partial charge >= 0.3 is 0 Å². The maximum atomic E-state index is 9.58. The normalized spacial score (nSPS) is 11.8. The monoisotopic (exact) mass is 352 g/mol. The smallest absolute Gasteiger partial charge is 0.232 e. The fourth-order valence-corrected chi connectivity index (χ4v) is 2.96. The molecule has 0 aliphatic heterocycles. The second-order valence-electron chi connectivity index (χ2n) is 5.80. The van der Waals surface area contributed by atoms with Crippen LogP contribution in [0.3, 0.4) is 0 Å². The number of benzene rings is 1. The lowest BCUT2D eigenvalue weighted by atomic mass is 9.89. The standard InChI is InChI=1S/C20H20N2O4/c1-4-14(11-21)15-10-13(2)19(26-12-17-22-7-9-25-17)20(23-3)18(15)16-6-5-8-24-16/h5-10,14H,4,12H2,1-3H3. The van der Waals surface area contributed by atoms with Crippen molar-refractivity contribution in [1.82, 2.24) is 4.98 Å². The minimum atomic E-state index is -0.275. The molecule has 0 radical (unpaired) electrons. The lowest BCUT2D eigenvalue weighted by Gasteiger charge is -2.20. The van der Waals surface area contributed by atoms with E-state index in [-0.39, 0.29) is 12.5 Å². The van der Waals surface area contributed by atoms with E-state index < -0.39 is 0 Å². The Balaban J connectivity index is 2.14. The van der Waals surface area contributed by atoms with Crippen molar-refractivity contribution >= 4 is 0 Å². The van der Waals surface area contributed by atoms with E-state index in [2.05, 4.69) is 11.1 Å². The zero-order chi connectivity index (χ0) is 18.5. The molecule has 0 bridgehead atoms. The van der Waals surface area contributed by atoms with E-state index in [1.165, 1.54) is 6.26 Å². The van der Waals surface area contributed by atoms with Crippen LogP contribution < -0.4 is 9.47 Å². The molecule has 1 atom stereocenters. The van der Waals surface area contributed by atoms with Crippen molar-refractivity contribution in [2.24, 2.45) is 0 Å². The Labute approximate surface area is 152 Å². The van der Waals surface area contributed by atoms with Crippen LogP contribution >= 0.6 is 0 Å². The van der Waals surface area contributed by atoms with Crippen LogP contribution in [0.25, 0.3) is 11.3 Å². The summed E-state index contributed by atoms with van der Waals surface area (Å²) in [5.41, 5.74) is 2.47. The average molecular weight is 352 g/mol. The zero-order valence-corrected chi connectivity index (χ0v) is 15.0. The number of nitrogens with zero attached hydrogens (tertiary/aromatic N) is 2. The lowest BCUT2D eigenvalue weighted by Crippen LogP contribution is -2.05. The number of nitriles is 1. The van der Waals surface area contributed by atoms with Crippen molar-refractivity contribution in [1.29, 1.82) is 5.26 Å². The SMILES string of the molecule is CCC(C#N)c1cc(C)c(OCc2ncco2)c(OC)c1-c1ccco1. The van der Waals surface area contributed by atoms with Gasteiger partial charge in [-0.15, -0.1) is 0 Å². The first-order chi connectivity index (χ1) is 12.7. The molecule has 134 valence electrons. The molecule has 6 heteroatoms. The Kier molecular flexibility index (Phi) is 5.28. The first-order valence-corrected chi connectivity index (χ1v) is 8.35. The van der Waals surface area contributed by atoms with Crippen LogP contribution in [0.4, 0.5) is 0 Å². The molecule has 0 saturated carbocycles. The third kappa shape index (κ3) is 3.29. The number of hydrogen-bond donors (Lipinski definition) is 0. The molecular weight excluding hydrogens is 332 g/mol. The molecule has 0 aliphatic carbocycles. The molecular formula is C20H20N2O4. The Morgan fingerprint density at radius 1 is 1.27 bits per heavy atom. The molecule has 0 N–H and O–H groups in total. The molecule has 2 heterocycles. The number of aromatic nitrogens is 1. The van der Waals surface area contributed by atoms with E-state index in [1.807, 2.05) is 26.0 Å². The summed E-state index contributed by atoms with van der Waals surface area (Å²) in [5, 5.41) is 9.58.